The average Bonchev–Trinajstić information content (AvgIpc) is 3.17. The Hall–Kier alpha value is -2.11. The van der Waals surface area contributed by atoms with Gasteiger partial charge in [0.2, 0.25) is 5.91 Å². The number of aromatic nitrogens is 4. The van der Waals surface area contributed by atoms with Crippen LogP contribution in [0.15, 0.2) is 24.5 Å². The molecular formula is C16H23N5O. The summed E-state index contributed by atoms with van der Waals surface area (Å²) in [4.78, 5) is 14.4. The first-order valence-corrected chi connectivity index (χ1v) is 7.97. The van der Waals surface area contributed by atoms with Gasteiger partial charge in [-0.1, -0.05) is 0 Å². The van der Waals surface area contributed by atoms with Gasteiger partial charge in [0.1, 0.15) is 0 Å². The van der Waals surface area contributed by atoms with Crippen molar-refractivity contribution in [2.24, 2.45) is 5.92 Å². The van der Waals surface area contributed by atoms with Crippen LogP contribution in [0.25, 0.3) is 0 Å². The van der Waals surface area contributed by atoms with Gasteiger partial charge in [-0.25, -0.2) is 0 Å². The van der Waals surface area contributed by atoms with E-state index in [9.17, 15) is 4.79 Å². The third kappa shape index (κ3) is 3.75. The summed E-state index contributed by atoms with van der Waals surface area (Å²) >= 11 is 0. The fourth-order valence-corrected chi connectivity index (χ4v) is 3.12. The van der Waals surface area contributed by atoms with Gasteiger partial charge in [-0.3, -0.25) is 14.6 Å². The van der Waals surface area contributed by atoms with E-state index in [-0.39, 0.29) is 5.91 Å². The SMILES string of the molecule is Cc1ccn(CCC(=O)N2CCC[C@@H](Cc3ccn[nH]3)C2)n1. The van der Waals surface area contributed by atoms with E-state index in [0.717, 1.165) is 37.3 Å². The fraction of sp³-hybridized carbons (Fsp3) is 0.562. The van der Waals surface area contributed by atoms with E-state index in [4.69, 9.17) is 0 Å². The Bertz CT molecular complexity index is 604. The maximum Gasteiger partial charge on any atom is 0.224 e. The predicted molar refractivity (Wildman–Crippen MR) is 83.2 cm³/mol. The highest BCUT2D eigenvalue weighted by atomic mass is 16.2. The van der Waals surface area contributed by atoms with E-state index in [1.54, 1.807) is 6.20 Å². The molecule has 2 aromatic heterocycles. The van der Waals surface area contributed by atoms with Gasteiger partial charge in [-0.05, 0) is 44.2 Å². The number of H-pyrrole nitrogens is 1. The zero-order chi connectivity index (χ0) is 15.4. The van der Waals surface area contributed by atoms with Crippen molar-refractivity contribution in [1.82, 2.24) is 24.9 Å². The summed E-state index contributed by atoms with van der Waals surface area (Å²) in [6.45, 7) is 4.36. The van der Waals surface area contributed by atoms with Crippen molar-refractivity contribution in [1.29, 1.82) is 0 Å². The molecule has 0 bridgehead atoms. The molecule has 1 amide bonds. The van der Waals surface area contributed by atoms with Crippen molar-refractivity contribution >= 4 is 5.91 Å². The van der Waals surface area contributed by atoms with Crippen molar-refractivity contribution in [2.45, 2.75) is 39.2 Å². The molecule has 0 radical (unpaired) electrons. The number of aryl methyl sites for hydroxylation is 2. The van der Waals surface area contributed by atoms with E-state index in [1.165, 1.54) is 6.42 Å². The Kier molecular flexibility index (Phi) is 4.56. The Morgan fingerprint density at radius 3 is 3.09 bits per heavy atom. The molecule has 0 aliphatic carbocycles. The zero-order valence-corrected chi connectivity index (χ0v) is 13.0. The number of likely N-dealkylation sites (tertiary alicyclic amines) is 1. The molecule has 3 rings (SSSR count). The smallest absolute Gasteiger partial charge is 0.224 e. The summed E-state index contributed by atoms with van der Waals surface area (Å²) in [5.74, 6) is 0.771. The van der Waals surface area contributed by atoms with Gasteiger partial charge in [-0.15, -0.1) is 0 Å². The van der Waals surface area contributed by atoms with E-state index in [0.29, 0.717) is 18.9 Å². The van der Waals surface area contributed by atoms with Crippen LogP contribution in [0.4, 0.5) is 0 Å². The number of rotatable bonds is 5. The number of carbonyl (C=O) groups is 1. The van der Waals surface area contributed by atoms with Gasteiger partial charge in [0.25, 0.3) is 0 Å². The van der Waals surface area contributed by atoms with Gasteiger partial charge in [-0.2, -0.15) is 10.2 Å². The van der Waals surface area contributed by atoms with Crippen LogP contribution in [-0.4, -0.2) is 43.9 Å². The molecule has 1 N–H and O–H groups in total. The molecular weight excluding hydrogens is 278 g/mol. The van der Waals surface area contributed by atoms with Gasteiger partial charge in [0.15, 0.2) is 0 Å². The maximum atomic E-state index is 12.4. The van der Waals surface area contributed by atoms with E-state index in [1.807, 2.05) is 34.8 Å². The summed E-state index contributed by atoms with van der Waals surface area (Å²) in [6.07, 6.45) is 7.49. The molecule has 0 aromatic carbocycles. The van der Waals surface area contributed by atoms with Crippen LogP contribution >= 0.6 is 0 Å². The van der Waals surface area contributed by atoms with Crippen LogP contribution in [0.2, 0.25) is 0 Å². The third-order valence-corrected chi connectivity index (χ3v) is 4.27. The minimum absolute atomic E-state index is 0.238. The summed E-state index contributed by atoms with van der Waals surface area (Å²) in [7, 11) is 0. The summed E-state index contributed by atoms with van der Waals surface area (Å²) in [5, 5.41) is 11.3. The summed E-state index contributed by atoms with van der Waals surface area (Å²) < 4.78 is 1.85. The Labute approximate surface area is 130 Å². The highest BCUT2D eigenvalue weighted by Gasteiger charge is 2.23. The van der Waals surface area contributed by atoms with Crippen LogP contribution in [0.5, 0.6) is 0 Å². The molecule has 1 aliphatic rings. The minimum Gasteiger partial charge on any atom is -0.342 e. The second-order valence-electron chi connectivity index (χ2n) is 6.10. The first-order valence-electron chi connectivity index (χ1n) is 7.97. The van der Waals surface area contributed by atoms with Gasteiger partial charge in [0, 0.05) is 44.1 Å². The lowest BCUT2D eigenvalue weighted by atomic mass is 9.93. The van der Waals surface area contributed by atoms with Crippen LogP contribution in [-0.2, 0) is 17.8 Å². The predicted octanol–water partition coefficient (Wildman–Crippen LogP) is 1.79. The number of carbonyl (C=O) groups excluding carboxylic acids is 1. The van der Waals surface area contributed by atoms with Crippen LogP contribution in [0.1, 0.15) is 30.7 Å². The number of piperidine rings is 1. The van der Waals surface area contributed by atoms with E-state index < -0.39 is 0 Å². The Morgan fingerprint density at radius 1 is 1.45 bits per heavy atom. The fourth-order valence-electron chi connectivity index (χ4n) is 3.12. The number of hydrogen-bond donors (Lipinski definition) is 1. The molecule has 22 heavy (non-hydrogen) atoms. The molecule has 1 atom stereocenters. The van der Waals surface area contributed by atoms with Crippen molar-refractivity contribution in [2.75, 3.05) is 13.1 Å². The normalized spacial score (nSPS) is 18.6. The molecule has 1 saturated heterocycles. The standard InChI is InChI=1S/C16H23N5O/c1-13-5-9-21(19-13)10-6-16(22)20-8-2-3-14(12-20)11-15-4-7-17-18-15/h4-5,7,9,14H,2-3,6,8,10-12H2,1H3,(H,17,18)/t14-/m0/s1. The third-order valence-electron chi connectivity index (χ3n) is 4.27. The number of amides is 1. The number of nitrogens with zero attached hydrogens (tertiary/aromatic N) is 4. The molecule has 1 fully saturated rings. The highest BCUT2D eigenvalue weighted by Crippen LogP contribution is 2.20. The maximum absolute atomic E-state index is 12.4. The molecule has 0 saturated carbocycles. The molecule has 1 aliphatic heterocycles. The van der Waals surface area contributed by atoms with Crippen LogP contribution in [0.3, 0.4) is 0 Å². The summed E-state index contributed by atoms with van der Waals surface area (Å²) in [5.41, 5.74) is 2.15. The van der Waals surface area contributed by atoms with Crippen LogP contribution < -0.4 is 0 Å². The first-order chi connectivity index (χ1) is 10.7. The molecule has 0 unspecified atom stereocenters. The second kappa shape index (κ2) is 6.77. The number of aromatic amines is 1. The number of nitrogens with one attached hydrogen (secondary N) is 1. The molecule has 0 spiro atoms. The van der Waals surface area contributed by atoms with E-state index in [2.05, 4.69) is 15.3 Å². The zero-order valence-electron chi connectivity index (χ0n) is 13.0. The van der Waals surface area contributed by atoms with Gasteiger partial charge >= 0.3 is 0 Å². The first kappa shape index (κ1) is 14.8. The Morgan fingerprint density at radius 2 is 2.36 bits per heavy atom. The quantitative estimate of drug-likeness (QED) is 0.915. The average molecular weight is 301 g/mol. The minimum atomic E-state index is 0.238. The van der Waals surface area contributed by atoms with Crippen molar-refractivity contribution in [3.63, 3.8) is 0 Å². The molecule has 118 valence electrons. The lowest BCUT2D eigenvalue weighted by molar-refractivity contribution is -0.133. The largest absolute Gasteiger partial charge is 0.342 e. The Balaban J connectivity index is 1.49. The van der Waals surface area contributed by atoms with Gasteiger partial charge < -0.3 is 4.90 Å². The molecule has 6 nitrogen and oxygen atoms in total. The topological polar surface area (TPSA) is 66.8 Å². The highest BCUT2D eigenvalue weighted by molar-refractivity contribution is 5.76. The molecule has 3 heterocycles. The van der Waals surface area contributed by atoms with Crippen molar-refractivity contribution in [3.05, 3.63) is 35.9 Å². The lowest BCUT2D eigenvalue weighted by Crippen LogP contribution is -2.40. The molecule has 6 heteroatoms. The lowest BCUT2D eigenvalue weighted by Gasteiger charge is -2.32. The van der Waals surface area contributed by atoms with Crippen molar-refractivity contribution in [3.8, 4) is 0 Å². The summed E-state index contributed by atoms with van der Waals surface area (Å²) in [6, 6.07) is 3.98. The second-order valence-corrected chi connectivity index (χ2v) is 6.10. The van der Waals surface area contributed by atoms with Crippen molar-refractivity contribution < 1.29 is 4.79 Å². The monoisotopic (exact) mass is 301 g/mol. The molecule has 2 aromatic rings. The van der Waals surface area contributed by atoms with E-state index >= 15 is 0 Å². The van der Waals surface area contributed by atoms with Gasteiger partial charge in [0.05, 0.1) is 5.69 Å². The van der Waals surface area contributed by atoms with Crippen LogP contribution in [0, 0.1) is 12.8 Å². The number of hydrogen-bond acceptors (Lipinski definition) is 3.